The number of nitrogens with zero attached hydrogens (tertiary/aromatic N) is 2. The molecule has 4 rings (SSSR count). The van der Waals surface area contributed by atoms with Crippen molar-refractivity contribution in [1.82, 2.24) is 14.9 Å². The van der Waals surface area contributed by atoms with Gasteiger partial charge in [-0.2, -0.15) is 0 Å². The van der Waals surface area contributed by atoms with E-state index in [1.807, 2.05) is 36.4 Å². The topological polar surface area (TPSA) is 46.9 Å². The quantitative estimate of drug-likeness (QED) is 0.462. The van der Waals surface area contributed by atoms with Crippen LogP contribution in [0.5, 0.6) is 0 Å². The van der Waals surface area contributed by atoms with Gasteiger partial charge in [0.25, 0.3) is 0 Å². The lowest BCUT2D eigenvalue weighted by atomic mass is 10.1. The molecule has 5 heteroatoms. The van der Waals surface area contributed by atoms with Gasteiger partial charge in [0.2, 0.25) is 5.91 Å². The SMILES string of the molecule is Cc1ccc(Cn2c(CCNC(=O)Cc3ccccc3Cl)nc3ccccc32)cc1. The highest BCUT2D eigenvalue weighted by Gasteiger charge is 2.12. The number of hydrogen-bond donors (Lipinski definition) is 1. The first kappa shape index (κ1) is 20.2. The Balaban J connectivity index is 1.46. The van der Waals surface area contributed by atoms with Crippen LogP contribution in [0, 0.1) is 6.92 Å². The molecule has 0 atom stereocenters. The number of hydrogen-bond acceptors (Lipinski definition) is 2. The van der Waals surface area contributed by atoms with Crippen LogP contribution < -0.4 is 5.32 Å². The number of halogens is 1. The number of carbonyl (C=O) groups is 1. The molecule has 0 unspecified atom stereocenters. The maximum Gasteiger partial charge on any atom is 0.224 e. The molecule has 1 aromatic heterocycles. The van der Waals surface area contributed by atoms with E-state index >= 15 is 0 Å². The standard InChI is InChI=1S/C25H24ClN3O/c1-18-10-12-19(13-11-18)17-29-23-9-5-4-8-22(23)28-24(29)14-15-27-25(30)16-20-6-2-3-7-21(20)26/h2-13H,14-17H2,1H3,(H,27,30). The van der Waals surface area contributed by atoms with Crippen molar-refractivity contribution in [2.75, 3.05) is 6.54 Å². The Hall–Kier alpha value is -3.11. The average molecular weight is 418 g/mol. The summed E-state index contributed by atoms with van der Waals surface area (Å²) in [5.41, 5.74) is 5.39. The number of nitrogens with one attached hydrogen (secondary N) is 1. The first-order valence-corrected chi connectivity index (χ1v) is 10.5. The molecule has 0 bridgehead atoms. The Labute approximate surface area is 181 Å². The van der Waals surface area contributed by atoms with Gasteiger partial charge in [0, 0.05) is 24.5 Å². The summed E-state index contributed by atoms with van der Waals surface area (Å²) >= 11 is 6.16. The summed E-state index contributed by atoms with van der Waals surface area (Å²) in [6.07, 6.45) is 0.939. The molecule has 1 heterocycles. The number of amides is 1. The minimum atomic E-state index is -0.0377. The summed E-state index contributed by atoms with van der Waals surface area (Å²) in [5.74, 6) is 0.930. The lowest BCUT2D eigenvalue weighted by Crippen LogP contribution is -2.28. The molecule has 1 N–H and O–H groups in total. The lowest BCUT2D eigenvalue weighted by molar-refractivity contribution is -0.120. The van der Waals surface area contributed by atoms with E-state index in [4.69, 9.17) is 16.6 Å². The number of benzene rings is 3. The molecule has 0 radical (unpaired) electrons. The van der Waals surface area contributed by atoms with Gasteiger partial charge in [-0.25, -0.2) is 4.98 Å². The molecule has 1 amide bonds. The Morgan fingerprint density at radius 2 is 1.73 bits per heavy atom. The zero-order chi connectivity index (χ0) is 20.9. The Morgan fingerprint density at radius 1 is 1.00 bits per heavy atom. The molecule has 4 aromatic rings. The summed E-state index contributed by atoms with van der Waals surface area (Å²) in [6, 6.07) is 24.2. The third-order valence-electron chi connectivity index (χ3n) is 5.17. The molecule has 0 fully saturated rings. The van der Waals surface area contributed by atoms with Crippen LogP contribution in [0.3, 0.4) is 0 Å². The largest absolute Gasteiger partial charge is 0.355 e. The van der Waals surface area contributed by atoms with Crippen LogP contribution in [-0.4, -0.2) is 22.0 Å². The summed E-state index contributed by atoms with van der Waals surface area (Å²) in [4.78, 5) is 17.1. The van der Waals surface area contributed by atoms with Gasteiger partial charge >= 0.3 is 0 Å². The highest BCUT2D eigenvalue weighted by Crippen LogP contribution is 2.19. The monoisotopic (exact) mass is 417 g/mol. The number of imidazole rings is 1. The Morgan fingerprint density at radius 3 is 2.53 bits per heavy atom. The van der Waals surface area contributed by atoms with E-state index in [1.165, 1.54) is 11.1 Å². The normalized spacial score (nSPS) is 11.0. The smallest absolute Gasteiger partial charge is 0.224 e. The summed E-state index contributed by atoms with van der Waals surface area (Å²) in [7, 11) is 0. The van der Waals surface area contributed by atoms with Gasteiger partial charge in [0.1, 0.15) is 5.82 Å². The number of fused-ring (bicyclic) bond motifs is 1. The van der Waals surface area contributed by atoms with Gasteiger partial charge in [-0.05, 0) is 36.2 Å². The van der Waals surface area contributed by atoms with Gasteiger partial charge < -0.3 is 9.88 Å². The predicted molar refractivity (Wildman–Crippen MR) is 122 cm³/mol. The van der Waals surface area contributed by atoms with Crippen molar-refractivity contribution in [3.63, 3.8) is 0 Å². The highest BCUT2D eigenvalue weighted by molar-refractivity contribution is 6.31. The Kier molecular flexibility index (Phi) is 6.15. The van der Waals surface area contributed by atoms with E-state index in [2.05, 4.69) is 47.1 Å². The molecular formula is C25H24ClN3O. The fourth-order valence-electron chi connectivity index (χ4n) is 3.56. The van der Waals surface area contributed by atoms with E-state index in [-0.39, 0.29) is 12.3 Å². The highest BCUT2D eigenvalue weighted by atomic mass is 35.5. The first-order chi connectivity index (χ1) is 14.6. The van der Waals surface area contributed by atoms with Crippen LogP contribution in [0.1, 0.15) is 22.5 Å². The lowest BCUT2D eigenvalue weighted by Gasteiger charge is -2.11. The van der Waals surface area contributed by atoms with E-state index in [9.17, 15) is 4.79 Å². The molecule has 3 aromatic carbocycles. The van der Waals surface area contributed by atoms with E-state index in [1.54, 1.807) is 6.07 Å². The predicted octanol–water partition coefficient (Wildman–Crippen LogP) is 4.95. The molecule has 0 aliphatic rings. The number of para-hydroxylation sites is 2. The first-order valence-electron chi connectivity index (χ1n) is 10.1. The number of carbonyl (C=O) groups excluding carboxylic acids is 1. The fourth-order valence-corrected chi connectivity index (χ4v) is 3.76. The molecule has 152 valence electrons. The molecule has 4 nitrogen and oxygen atoms in total. The van der Waals surface area contributed by atoms with Crippen LogP contribution >= 0.6 is 11.6 Å². The van der Waals surface area contributed by atoms with Crippen LogP contribution in [0.15, 0.2) is 72.8 Å². The number of aryl methyl sites for hydroxylation is 1. The third kappa shape index (κ3) is 4.71. The van der Waals surface area contributed by atoms with Crippen LogP contribution in [0.25, 0.3) is 11.0 Å². The molecule has 0 aliphatic carbocycles. The summed E-state index contributed by atoms with van der Waals surface area (Å²) in [6.45, 7) is 3.37. The number of rotatable bonds is 7. The van der Waals surface area contributed by atoms with E-state index in [0.717, 1.165) is 29.0 Å². The number of aromatic nitrogens is 2. The van der Waals surface area contributed by atoms with Crippen molar-refractivity contribution in [3.05, 3.63) is 100 Å². The minimum absolute atomic E-state index is 0.0377. The van der Waals surface area contributed by atoms with E-state index in [0.29, 0.717) is 18.0 Å². The van der Waals surface area contributed by atoms with Crippen LogP contribution in [0.4, 0.5) is 0 Å². The van der Waals surface area contributed by atoms with Gasteiger partial charge in [0.05, 0.1) is 17.5 Å². The maximum absolute atomic E-state index is 12.3. The van der Waals surface area contributed by atoms with Crippen molar-refractivity contribution in [1.29, 1.82) is 0 Å². The van der Waals surface area contributed by atoms with Crippen molar-refractivity contribution >= 4 is 28.5 Å². The van der Waals surface area contributed by atoms with Crippen molar-refractivity contribution in [3.8, 4) is 0 Å². The molecular weight excluding hydrogens is 394 g/mol. The molecule has 0 saturated carbocycles. The second-order valence-electron chi connectivity index (χ2n) is 7.46. The Bertz CT molecular complexity index is 1160. The van der Waals surface area contributed by atoms with E-state index < -0.39 is 0 Å². The second kappa shape index (κ2) is 9.14. The molecule has 30 heavy (non-hydrogen) atoms. The second-order valence-corrected chi connectivity index (χ2v) is 7.86. The maximum atomic E-state index is 12.3. The zero-order valence-electron chi connectivity index (χ0n) is 16.9. The fraction of sp³-hybridized carbons (Fsp3) is 0.200. The van der Waals surface area contributed by atoms with Gasteiger partial charge in [-0.3, -0.25) is 4.79 Å². The van der Waals surface area contributed by atoms with Crippen molar-refractivity contribution in [2.45, 2.75) is 26.3 Å². The van der Waals surface area contributed by atoms with Crippen molar-refractivity contribution in [2.24, 2.45) is 0 Å². The van der Waals surface area contributed by atoms with Crippen LogP contribution in [-0.2, 0) is 24.2 Å². The minimum Gasteiger partial charge on any atom is -0.355 e. The van der Waals surface area contributed by atoms with Crippen LogP contribution in [0.2, 0.25) is 5.02 Å². The average Bonchev–Trinajstić information content (AvgIpc) is 3.09. The van der Waals surface area contributed by atoms with Gasteiger partial charge in [0.15, 0.2) is 0 Å². The molecule has 0 aliphatic heterocycles. The third-order valence-corrected chi connectivity index (χ3v) is 5.54. The molecule has 0 saturated heterocycles. The summed E-state index contributed by atoms with van der Waals surface area (Å²) < 4.78 is 2.24. The summed E-state index contributed by atoms with van der Waals surface area (Å²) in [5, 5.41) is 3.62. The van der Waals surface area contributed by atoms with Gasteiger partial charge in [-0.1, -0.05) is 71.8 Å². The van der Waals surface area contributed by atoms with Crippen molar-refractivity contribution < 1.29 is 4.79 Å². The molecule has 0 spiro atoms. The zero-order valence-corrected chi connectivity index (χ0v) is 17.7. The van der Waals surface area contributed by atoms with Gasteiger partial charge in [-0.15, -0.1) is 0 Å².